The molecule has 29 heavy (non-hydrogen) atoms. The van der Waals surface area contributed by atoms with E-state index in [4.69, 9.17) is 62.6 Å². The third-order valence-electron chi connectivity index (χ3n) is 2.84. The molecule has 0 fully saturated rings. The van der Waals surface area contributed by atoms with Crippen molar-refractivity contribution in [3.8, 4) is 0 Å². The zero-order valence-electron chi connectivity index (χ0n) is 16.4. The van der Waals surface area contributed by atoms with Gasteiger partial charge in [0.1, 0.15) is 0 Å². The summed E-state index contributed by atoms with van der Waals surface area (Å²) in [6, 6.07) is 0. The van der Waals surface area contributed by atoms with Crippen molar-refractivity contribution in [2.75, 3.05) is 59.5 Å². The summed E-state index contributed by atoms with van der Waals surface area (Å²) < 4.78 is 44.5. The highest BCUT2D eigenvalue weighted by molar-refractivity contribution is 7.48. The van der Waals surface area contributed by atoms with E-state index in [0.717, 1.165) is 0 Å². The van der Waals surface area contributed by atoms with Crippen LogP contribution >= 0.6 is 42.6 Å². The van der Waals surface area contributed by atoms with Crippen LogP contribution in [0.1, 0.15) is 0 Å². The normalized spacial score (nSPS) is 16.5. The number of alkyl halides is 3. The summed E-state index contributed by atoms with van der Waals surface area (Å²) in [7, 11) is -3.98. The number of hydrogen-bond donors (Lipinski definition) is 0. The van der Waals surface area contributed by atoms with Crippen LogP contribution in [0.3, 0.4) is 0 Å². The van der Waals surface area contributed by atoms with E-state index in [9.17, 15) is 4.57 Å². The zero-order chi connectivity index (χ0) is 22.0. The second-order valence-electron chi connectivity index (χ2n) is 5.60. The van der Waals surface area contributed by atoms with E-state index in [0.29, 0.717) is 19.8 Å². The van der Waals surface area contributed by atoms with Crippen molar-refractivity contribution < 1.29 is 32.3 Å². The van der Waals surface area contributed by atoms with E-state index in [1.807, 2.05) is 0 Å². The van der Waals surface area contributed by atoms with Gasteiger partial charge in [-0.1, -0.05) is 18.2 Å². The lowest BCUT2D eigenvalue weighted by Crippen LogP contribution is -2.21. The highest BCUT2D eigenvalue weighted by atomic mass is 35.5. The van der Waals surface area contributed by atoms with E-state index in [1.54, 1.807) is 18.2 Å². The summed E-state index contributed by atoms with van der Waals surface area (Å²) in [6.45, 7) is 11.8. The Balaban J connectivity index is 4.61. The van der Waals surface area contributed by atoms with Gasteiger partial charge in [-0.25, -0.2) is 4.57 Å². The van der Waals surface area contributed by atoms with Gasteiger partial charge in [0.2, 0.25) is 0 Å². The first-order valence-corrected chi connectivity index (χ1v) is 11.7. The highest BCUT2D eigenvalue weighted by Crippen LogP contribution is 2.50. The smallest absolute Gasteiger partial charge is 0.376 e. The predicted molar refractivity (Wildman–Crippen MR) is 117 cm³/mol. The minimum absolute atomic E-state index is 0.129. The molecule has 0 saturated heterocycles. The number of ether oxygens (including phenoxy) is 3. The van der Waals surface area contributed by atoms with Gasteiger partial charge < -0.3 is 14.2 Å². The van der Waals surface area contributed by atoms with Crippen LogP contribution in [0.4, 0.5) is 0 Å². The van der Waals surface area contributed by atoms with E-state index < -0.39 is 24.0 Å². The second kappa shape index (κ2) is 18.8. The van der Waals surface area contributed by atoms with Crippen LogP contribution in [-0.4, -0.2) is 75.6 Å². The topological polar surface area (TPSA) is 72.5 Å². The minimum atomic E-state index is -3.98. The van der Waals surface area contributed by atoms with Gasteiger partial charge in [-0.15, -0.1) is 54.5 Å². The maximum atomic E-state index is 12.9. The van der Waals surface area contributed by atoms with Crippen LogP contribution in [0.2, 0.25) is 0 Å². The fourth-order valence-electron chi connectivity index (χ4n) is 1.61. The Morgan fingerprint density at radius 1 is 0.621 bits per heavy atom. The molecule has 0 aromatic carbocycles. The monoisotopic (exact) mass is 494 g/mol. The Bertz CT molecular complexity index is 430. The lowest BCUT2D eigenvalue weighted by Gasteiger charge is -2.22. The molecule has 3 unspecified atom stereocenters. The van der Waals surface area contributed by atoms with Gasteiger partial charge in [0, 0.05) is 0 Å². The molecule has 0 spiro atoms. The maximum Gasteiger partial charge on any atom is 0.474 e. The van der Waals surface area contributed by atoms with Gasteiger partial charge in [-0.05, 0) is 0 Å². The van der Waals surface area contributed by atoms with E-state index in [-0.39, 0.29) is 39.6 Å². The zero-order valence-corrected chi connectivity index (χ0v) is 19.6. The standard InChI is InChI=1S/C18H30Cl3O7P/c1-4-7-23-10-16(19)13-26-29(22,27-14-17(20)11-24-8-5-2)28-15-18(21)12-25-9-6-3/h4-6,16-18H,1-3,7-15H2. The molecule has 3 atom stereocenters. The summed E-state index contributed by atoms with van der Waals surface area (Å²) in [6.07, 6.45) is 4.77. The summed E-state index contributed by atoms with van der Waals surface area (Å²) in [5.41, 5.74) is 0. The van der Waals surface area contributed by atoms with Gasteiger partial charge in [-0.3, -0.25) is 13.6 Å². The van der Waals surface area contributed by atoms with Crippen LogP contribution in [0.5, 0.6) is 0 Å². The average Bonchev–Trinajstić information content (AvgIpc) is 2.70. The molecule has 0 aliphatic carbocycles. The lowest BCUT2D eigenvalue weighted by atomic mass is 10.5. The number of phosphoric ester groups is 1. The number of rotatable bonds is 21. The Labute approximate surface area is 188 Å². The molecule has 0 aliphatic rings. The third-order valence-corrected chi connectivity index (χ3v) is 5.00. The first-order valence-electron chi connectivity index (χ1n) is 8.88. The van der Waals surface area contributed by atoms with Gasteiger partial charge in [-0.2, -0.15) is 0 Å². The van der Waals surface area contributed by atoms with Crippen LogP contribution in [-0.2, 0) is 32.3 Å². The molecule has 0 aliphatic heterocycles. The molecule has 0 amide bonds. The molecular weight excluding hydrogens is 466 g/mol. The van der Waals surface area contributed by atoms with Crippen molar-refractivity contribution >= 4 is 42.6 Å². The number of phosphoric acid groups is 1. The van der Waals surface area contributed by atoms with E-state index >= 15 is 0 Å². The molecule has 0 rings (SSSR count). The lowest BCUT2D eigenvalue weighted by molar-refractivity contribution is 0.0817. The maximum absolute atomic E-state index is 12.9. The largest absolute Gasteiger partial charge is 0.474 e. The minimum Gasteiger partial charge on any atom is -0.376 e. The molecule has 0 aromatic rings. The molecule has 0 saturated carbocycles. The molecule has 7 nitrogen and oxygen atoms in total. The highest BCUT2D eigenvalue weighted by Gasteiger charge is 2.30. The third kappa shape index (κ3) is 17.5. The van der Waals surface area contributed by atoms with E-state index in [1.165, 1.54) is 0 Å². The number of halogens is 3. The van der Waals surface area contributed by atoms with Gasteiger partial charge in [0.25, 0.3) is 0 Å². The van der Waals surface area contributed by atoms with Crippen molar-refractivity contribution in [3.05, 3.63) is 38.0 Å². The quantitative estimate of drug-likeness (QED) is 0.0999. The van der Waals surface area contributed by atoms with Crippen molar-refractivity contribution in [2.45, 2.75) is 16.1 Å². The summed E-state index contributed by atoms with van der Waals surface area (Å²) >= 11 is 18.3. The Morgan fingerprint density at radius 2 is 0.897 bits per heavy atom. The fraction of sp³-hybridized carbons (Fsp3) is 0.667. The van der Waals surface area contributed by atoms with Crippen molar-refractivity contribution in [2.24, 2.45) is 0 Å². The van der Waals surface area contributed by atoms with Gasteiger partial charge in [0.05, 0.1) is 75.6 Å². The van der Waals surface area contributed by atoms with Crippen molar-refractivity contribution in [3.63, 3.8) is 0 Å². The predicted octanol–water partition coefficient (Wildman–Crippen LogP) is 4.57. The SMILES string of the molecule is C=CCOCC(Cl)COP(=O)(OCC(Cl)COCC=C)OCC(Cl)COCC=C. The van der Waals surface area contributed by atoms with E-state index in [2.05, 4.69) is 19.7 Å². The number of hydrogen-bond acceptors (Lipinski definition) is 7. The Kier molecular flexibility index (Phi) is 18.9. The summed E-state index contributed by atoms with van der Waals surface area (Å²) in [4.78, 5) is 0. The molecular formula is C18H30Cl3O7P. The molecule has 170 valence electrons. The fourth-order valence-corrected chi connectivity index (χ4v) is 3.64. The Morgan fingerprint density at radius 3 is 1.14 bits per heavy atom. The van der Waals surface area contributed by atoms with Crippen LogP contribution in [0.25, 0.3) is 0 Å². The van der Waals surface area contributed by atoms with Crippen LogP contribution < -0.4 is 0 Å². The first kappa shape index (κ1) is 29.1. The van der Waals surface area contributed by atoms with Crippen LogP contribution in [0, 0.1) is 0 Å². The molecule has 0 N–H and O–H groups in total. The van der Waals surface area contributed by atoms with Crippen molar-refractivity contribution in [1.82, 2.24) is 0 Å². The van der Waals surface area contributed by atoms with Gasteiger partial charge in [0.15, 0.2) is 0 Å². The van der Waals surface area contributed by atoms with Gasteiger partial charge >= 0.3 is 7.82 Å². The molecule has 0 aromatic heterocycles. The molecule has 0 bridgehead atoms. The van der Waals surface area contributed by atoms with Crippen molar-refractivity contribution in [1.29, 1.82) is 0 Å². The second-order valence-corrected chi connectivity index (χ2v) is 9.13. The van der Waals surface area contributed by atoms with Crippen LogP contribution in [0.15, 0.2) is 38.0 Å². The average molecular weight is 496 g/mol. The molecule has 11 heteroatoms. The first-order chi connectivity index (χ1) is 13.9. The molecule has 0 radical (unpaired) electrons. The summed E-state index contributed by atoms with van der Waals surface area (Å²) in [5, 5.41) is -1.71. The molecule has 0 heterocycles. The Hall–Kier alpha value is 0.0800. The summed E-state index contributed by atoms with van der Waals surface area (Å²) in [5.74, 6) is 0.